The number of rotatable bonds is 9. The molecule has 0 aliphatic heterocycles. The van der Waals surface area contributed by atoms with Crippen LogP contribution in [0.5, 0.6) is 0 Å². The van der Waals surface area contributed by atoms with Crippen LogP contribution >= 0.6 is 0 Å². The average Bonchev–Trinajstić information content (AvgIpc) is 3.01. The van der Waals surface area contributed by atoms with E-state index in [2.05, 4.69) is 44.6 Å². The average molecular weight is 290 g/mol. The van der Waals surface area contributed by atoms with Crippen molar-refractivity contribution in [2.45, 2.75) is 39.5 Å². The Morgan fingerprint density at radius 3 is 2.29 bits per heavy atom. The molecule has 2 aromatic heterocycles. The molecule has 0 amide bonds. The molecule has 7 heteroatoms. The normalized spacial score (nSPS) is 10.6. The first-order chi connectivity index (χ1) is 10.3. The van der Waals surface area contributed by atoms with Gasteiger partial charge in [-0.1, -0.05) is 25.4 Å². The maximum Gasteiger partial charge on any atom is 0.228 e. The van der Waals surface area contributed by atoms with Gasteiger partial charge in [-0.15, -0.1) is 0 Å². The minimum atomic E-state index is 0.623. The van der Waals surface area contributed by atoms with Crippen molar-refractivity contribution in [2.24, 2.45) is 0 Å². The van der Waals surface area contributed by atoms with Gasteiger partial charge in [-0.3, -0.25) is 0 Å². The van der Waals surface area contributed by atoms with Gasteiger partial charge in [0.25, 0.3) is 0 Å². The number of hydrogen-bond acceptors (Lipinski definition) is 7. The van der Waals surface area contributed by atoms with Gasteiger partial charge in [-0.05, 0) is 12.8 Å². The van der Waals surface area contributed by atoms with E-state index in [-0.39, 0.29) is 0 Å². The van der Waals surface area contributed by atoms with Crippen LogP contribution in [-0.2, 0) is 12.8 Å². The Kier molecular flexibility index (Phi) is 5.93. The SMILES string of the molecule is CCCNc1ncnc(NCCc2ncno2)c1CCC. The van der Waals surface area contributed by atoms with Crippen LogP contribution in [0, 0.1) is 0 Å². The molecule has 21 heavy (non-hydrogen) atoms. The van der Waals surface area contributed by atoms with Crippen LogP contribution in [0.2, 0.25) is 0 Å². The zero-order chi connectivity index (χ0) is 14.9. The van der Waals surface area contributed by atoms with Gasteiger partial charge in [0.1, 0.15) is 18.0 Å². The van der Waals surface area contributed by atoms with Crippen LogP contribution in [0.15, 0.2) is 17.2 Å². The summed E-state index contributed by atoms with van der Waals surface area (Å²) in [6.07, 6.45) is 6.73. The van der Waals surface area contributed by atoms with Gasteiger partial charge < -0.3 is 15.2 Å². The van der Waals surface area contributed by atoms with E-state index in [0.717, 1.165) is 43.0 Å². The van der Waals surface area contributed by atoms with E-state index in [0.29, 0.717) is 18.9 Å². The van der Waals surface area contributed by atoms with Crippen LogP contribution in [0.4, 0.5) is 11.6 Å². The Morgan fingerprint density at radius 2 is 1.67 bits per heavy atom. The molecule has 2 rings (SSSR count). The molecule has 0 spiro atoms. The lowest BCUT2D eigenvalue weighted by Crippen LogP contribution is -2.12. The smallest absolute Gasteiger partial charge is 0.228 e. The van der Waals surface area contributed by atoms with E-state index in [9.17, 15) is 0 Å². The van der Waals surface area contributed by atoms with Crippen molar-refractivity contribution < 1.29 is 4.52 Å². The molecule has 114 valence electrons. The van der Waals surface area contributed by atoms with Gasteiger partial charge in [0.15, 0.2) is 6.33 Å². The quantitative estimate of drug-likeness (QED) is 0.732. The molecule has 0 aliphatic rings. The van der Waals surface area contributed by atoms with Gasteiger partial charge in [-0.2, -0.15) is 4.98 Å². The van der Waals surface area contributed by atoms with Crippen LogP contribution in [0.3, 0.4) is 0 Å². The summed E-state index contributed by atoms with van der Waals surface area (Å²) in [6, 6.07) is 0. The molecule has 0 fully saturated rings. The highest BCUT2D eigenvalue weighted by Crippen LogP contribution is 2.21. The second kappa shape index (κ2) is 8.18. The zero-order valence-corrected chi connectivity index (χ0v) is 12.6. The van der Waals surface area contributed by atoms with Crippen LogP contribution in [0.1, 0.15) is 38.1 Å². The number of nitrogens with one attached hydrogen (secondary N) is 2. The van der Waals surface area contributed by atoms with Gasteiger partial charge >= 0.3 is 0 Å². The third kappa shape index (κ3) is 4.40. The summed E-state index contributed by atoms with van der Waals surface area (Å²) in [5.74, 6) is 2.43. The first kappa shape index (κ1) is 15.2. The highest BCUT2D eigenvalue weighted by Gasteiger charge is 2.10. The molecule has 0 aromatic carbocycles. The number of nitrogens with zero attached hydrogens (tertiary/aromatic N) is 4. The van der Waals surface area contributed by atoms with Gasteiger partial charge in [0.05, 0.1) is 0 Å². The largest absolute Gasteiger partial charge is 0.370 e. The van der Waals surface area contributed by atoms with E-state index in [1.54, 1.807) is 6.33 Å². The Hall–Kier alpha value is -2.18. The molecule has 0 aliphatic carbocycles. The fraction of sp³-hybridized carbons (Fsp3) is 0.571. The van der Waals surface area contributed by atoms with E-state index < -0.39 is 0 Å². The fourth-order valence-corrected chi connectivity index (χ4v) is 2.04. The van der Waals surface area contributed by atoms with Gasteiger partial charge in [0.2, 0.25) is 5.89 Å². The Bertz CT molecular complexity index is 528. The molecule has 7 nitrogen and oxygen atoms in total. The van der Waals surface area contributed by atoms with Crippen molar-refractivity contribution in [2.75, 3.05) is 23.7 Å². The maximum absolute atomic E-state index is 4.98. The second-order valence-electron chi connectivity index (χ2n) is 4.74. The molecular formula is C14H22N6O. The Balaban J connectivity index is 2.02. The maximum atomic E-state index is 4.98. The van der Waals surface area contributed by atoms with Crippen molar-refractivity contribution >= 4 is 11.6 Å². The summed E-state index contributed by atoms with van der Waals surface area (Å²) < 4.78 is 4.98. The van der Waals surface area contributed by atoms with Crippen molar-refractivity contribution in [1.29, 1.82) is 0 Å². The lowest BCUT2D eigenvalue weighted by atomic mass is 10.1. The molecule has 2 aromatic rings. The van der Waals surface area contributed by atoms with Gasteiger partial charge in [-0.25, -0.2) is 9.97 Å². The zero-order valence-electron chi connectivity index (χ0n) is 12.6. The molecule has 0 atom stereocenters. The van der Waals surface area contributed by atoms with Crippen molar-refractivity contribution in [3.63, 3.8) is 0 Å². The summed E-state index contributed by atoms with van der Waals surface area (Å²) in [5, 5.41) is 10.3. The fourth-order valence-electron chi connectivity index (χ4n) is 2.04. The van der Waals surface area contributed by atoms with Crippen molar-refractivity contribution in [3.8, 4) is 0 Å². The van der Waals surface area contributed by atoms with Crippen molar-refractivity contribution in [1.82, 2.24) is 20.1 Å². The lowest BCUT2D eigenvalue weighted by molar-refractivity contribution is 0.379. The molecule has 0 bridgehead atoms. The Morgan fingerprint density at radius 1 is 0.905 bits per heavy atom. The predicted molar refractivity (Wildman–Crippen MR) is 81.3 cm³/mol. The summed E-state index contributed by atoms with van der Waals surface area (Å²) in [5.41, 5.74) is 1.14. The highest BCUT2D eigenvalue weighted by molar-refractivity contribution is 5.57. The van der Waals surface area contributed by atoms with Crippen LogP contribution in [0.25, 0.3) is 0 Å². The number of hydrogen-bond donors (Lipinski definition) is 2. The molecule has 0 radical (unpaired) electrons. The standard InChI is InChI=1S/C14H22N6O/c1-3-5-11-13(15-7-4-2)18-9-19-14(11)16-8-6-12-17-10-20-21-12/h9-10H,3-8H2,1-2H3,(H2,15,16,18,19). The summed E-state index contributed by atoms with van der Waals surface area (Å²) in [7, 11) is 0. The third-order valence-electron chi connectivity index (χ3n) is 3.03. The molecular weight excluding hydrogens is 268 g/mol. The van der Waals surface area contributed by atoms with Gasteiger partial charge in [0, 0.05) is 25.1 Å². The van der Waals surface area contributed by atoms with E-state index in [1.165, 1.54) is 6.33 Å². The number of anilines is 2. The third-order valence-corrected chi connectivity index (χ3v) is 3.03. The lowest BCUT2D eigenvalue weighted by Gasteiger charge is -2.14. The number of aromatic nitrogens is 4. The summed E-state index contributed by atoms with van der Waals surface area (Å²) >= 11 is 0. The van der Waals surface area contributed by atoms with E-state index in [1.807, 2.05) is 0 Å². The minimum Gasteiger partial charge on any atom is -0.370 e. The van der Waals surface area contributed by atoms with Crippen LogP contribution in [-0.4, -0.2) is 33.2 Å². The minimum absolute atomic E-state index is 0.623. The molecule has 0 saturated heterocycles. The second-order valence-corrected chi connectivity index (χ2v) is 4.74. The molecule has 2 N–H and O–H groups in total. The first-order valence-corrected chi connectivity index (χ1v) is 7.42. The topological polar surface area (TPSA) is 88.8 Å². The Labute approximate surface area is 124 Å². The molecule has 2 heterocycles. The monoisotopic (exact) mass is 290 g/mol. The first-order valence-electron chi connectivity index (χ1n) is 7.42. The summed E-state index contributed by atoms with van der Waals surface area (Å²) in [4.78, 5) is 12.7. The predicted octanol–water partition coefficient (Wildman–Crippen LogP) is 2.29. The van der Waals surface area contributed by atoms with Crippen molar-refractivity contribution in [3.05, 3.63) is 24.1 Å². The molecule has 0 unspecified atom stereocenters. The highest BCUT2D eigenvalue weighted by atomic mass is 16.5. The van der Waals surface area contributed by atoms with E-state index >= 15 is 0 Å². The van der Waals surface area contributed by atoms with E-state index in [4.69, 9.17) is 4.52 Å². The molecule has 0 saturated carbocycles. The van der Waals surface area contributed by atoms with Crippen LogP contribution < -0.4 is 10.6 Å². The summed E-state index contributed by atoms with van der Waals surface area (Å²) in [6.45, 7) is 5.90.